The summed E-state index contributed by atoms with van der Waals surface area (Å²) in [6.45, 7) is 1.69. The smallest absolute Gasteiger partial charge is 0.323 e. The number of likely N-dealkylation sites (N-methyl/N-ethyl adjacent to an activating group) is 1. The number of carbonyl (C=O) groups is 1. The monoisotopic (exact) mass is 295 g/mol. The molecule has 1 unspecified atom stereocenters. The van der Waals surface area contributed by atoms with Crippen molar-refractivity contribution in [2.75, 3.05) is 12.8 Å². The molecule has 2 rings (SSSR count). The van der Waals surface area contributed by atoms with Gasteiger partial charge in [-0.15, -0.1) is 11.8 Å². The third-order valence-corrected chi connectivity index (χ3v) is 4.35. The number of imidazole rings is 1. The van der Waals surface area contributed by atoms with Crippen LogP contribution in [0.1, 0.15) is 19.8 Å². The van der Waals surface area contributed by atoms with E-state index in [-0.39, 0.29) is 0 Å². The number of thioether (sulfide) groups is 1. The van der Waals surface area contributed by atoms with Crippen LogP contribution in [-0.2, 0) is 4.79 Å². The zero-order valence-electron chi connectivity index (χ0n) is 11.4. The van der Waals surface area contributed by atoms with Crippen molar-refractivity contribution in [2.24, 2.45) is 0 Å². The molecule has 0 saturated heterocycles. The predicted octanol–water partition coefficient (Wildman–Crippen LogP) is 1.29. The number of fused-ring (bicyclic) bond motifs is 1. The summed E-state index contributed by atoms with van der Waals surface area (Å²) in [7, 11) is 1.67. The maximum absolute atomic E-state index is 11.2. The molecule has 0 bridgehead atoms. The standard InChI is InChI=1S/C12H17N5O2S/c1-12(13-2,11(18)19)4-3-5-20-10-8-9(15-6-14-8)16-7-17-10/h6-7,13H,3-5H2,1-2H3,(H,18,19)(H,14,15,16,17). The number of H-pyrrole nitrogens is 1. The van der Waals surface area contributed by atoms with Crippen molar-refractivity contribution in [3.05, 3.63) is 12.7 Å². The van der Waals surface area contributed by atoms with Gasteiger partial charge in [0, 0.05) is 0 Å². The third-order valence-electron chi connectivity index (χ3n) is 3.27. The Kier molecular flexibility index (Phi) is 4.56. The number of nitrogens with zero attached hydrogens (tertiary/aromatic N) is 3. The molecule has 0 spiro atoms. The predicted molar refractivity (Wildman–Crippen MR) is 76.7 cm³/mol. The van der Waals surface area contributed by atoms with Crippen LogP contribution in [0.25, 0.3) is 11.2 Å². The molecule has 0 aliphatic rings. The van der Waals surface area contributed by atoms with Gasteiger partial charge in [-0.3, -0.25) is 4.79 Å². The van der Waals surface area contributed by atoms with E-state index >= 15 is 0 Å². The Labute approximate surface area is 120 Å². The molecule has 2 aromatic rings. The fraction of sp³-hybridized carbons (Fsp3) is 0.500. The van der Waals surface area contributed by atoms with Crippen molar-refractivity contribution in [2.45, 2.75) is 30.3 Å². The van der Waals surface area contributed by atoms with E-state index in [2.05, 4.69) is 25.3 Å². The Morgan fingerprint density at radius 3 is 3.00 bits per heavy atom. The van der Waals surface area contributed by atoms with Gasteiger partial charge in [-0.1, -0.05) is 0 Å². The lowest BCUT2D eigenvalue weighted by Gasteiger charge is -2.23. The minimum Gasteiger partial charge on any atom is -0.480 e. The van der Waals surface area contributed by atoms with Crippen LogP contribution in [0.2, 0.25) is 0 Å². The van der Waals surface area contributed by atoms with Crippen molar-refractivity contribution >= 4 is 28.9 Å². The van der Waals surface area contributed by atoms with E-state index in [4.69, 9.17) is 5.11 Å². The van der Waals surface area contributed by atoms with E-state index in [1.807, 2.05) is 0 Å². The fourth-order valence-electron chi connectivity index (χ4n) is 1.79. The quantitative estimate of drug-likeness (QED) is 0.401. The van der Waals surface area contributed by atoms with Gasteiger partial charge in [0.15, 0.2) is 5.65 Å². The van der Waals surface area contributed by atoms with Crippen molar-refractivity contribution in [1.82, 2.24) is 25.3 Å². The number of aromatic nitrogens is 4. The first kappa shape index (κ1) is 14.7. The number of carboxylic acid groups (broad SMARTS) is 1. The first-order chi connectivity index (χ1) is 9.57. The highest BCUT2D eigenvalue weighted by Gasteiger charge is 2.30. The maximum atomic E-state index is 11.2. The summed E-state index contributed by atoms with van der Waals surface area (Å²) < 4.78 is 0. The van der Waals surface area contributed by atoms with E-state index in [0.29, 0.717) is 12.1 Å². The minimum atomic E-state index is -0.879. The lowest BCUT2D eigenvalue weighted by Crippen LogP contribution is -2.47. The lowest BCUT2D eigenvalue weighted by atomic mass is 9.97. The van der Waals surface area contributed by atoms with Crippen LogP contribution in [0.5, 0.6) is 0 Å². The number of hydrogen-bond acceptors (Lipinski definition) is 6. The largest absolute Gasteiger partial charge is 0.480 e. The number of hydrogen-bond donors (Lipinski definition) is 3. The normalized spacial score (nSPS) is 14.3. The second kappa shape index (κ2) is 6.19. The molecule has 1 atom stereocenters. The maximum Gasteiger partial charge on any atom is 0.323 e. The molecule has 8 heteroatoms. The Morgan fingerprint density at radius 2 is 2.30 bits per heavy atom. The molecule has 0 aliphatic heterocycles. The molecule has 20 heavy (non-hydrogen) atoms. The van der Waals surface area contributed by atoms with Crippen molar-refractivity contribution in [3.8, 4) is 0 Å². The molecule has 2 heterocycles. The molecular weight excluding hydrogens is 278 g/mol. The first-order valence-corrected chi connectivity index (χ1v) is 7.24. The molecule has 0 fully saturated rings. The van der Waals surface area contributed by atoms with Crippen molar-refractivity contribution in [3.63, 3.8) is 0 Å². The highest BCUT2D eigenvalue weighted by Crippen LogP contribution is 2.24. The van der Waals surface area contributed by atoms with Crippen molar-refractivity contribution in [1.29, 1.82) is 0 Å². The molecule has 3 N–H and O–H groups in total. The fourth-order valence-corrected chi connectivity index (χ4v) is 2.68. The number of carboxylic acids is 1. The number of aromatic amines is 1. The topological polar surface area (TPSA) is 104 Å². The number of rotatable bonds is 7. The van der Waals surface area contributed by atoms with Crippen molar-refractivity contribution < 1.29 is 9.90 Å². The summed E-state index contributed by atoms with van der Waals surface area (Å²) >= 11 is 1.57. The van der Waals surface area contributed by atoms with Gasteiger partial charge in [-0.05, 0) is 32.6 Å². The van der Waals surface area contributed by atoms with Gasteiger partial charge in [-0.25, -0.2) is 15.0 Å². The first-order valence-electron chi connectivity index (χ1n) is 6.26. The molecule has 0 amide bonds. The minimum absolute atomic E-state index is 0.559. The summed E-state index contributed by atoms with van der Waals surface area (Å²) in [6, 6.07) is 0. The molecule has 0 saturated carbocycles. The number of nitrogens with one attached hydrogen (secondary N) is 2. The third kappa shape index (κ3) is 3.07. The molecule has 7 nitrogen and oxygen atoms in total. The summed E-state index contributed by atoms with van der Waals surface area (Å²) in [6.07, 6.45) is 4.41. The second-order valence-corrected chi connectivity index (χ2v) is 5.70. The number of aliphatic carboxylic acids is 1. The Balaban J connectivity index is 1.90. The molecule has 0 aromatic carbocycles. The summed E-state index contributed by atoms with van der Waals surface area (Å²) in [5.41, 5.74) is 0.593. The SMILES string of the molecule is CNC(C)(CCCSc1ncnc2nc[nH]c12)C(=O)O. The molecular formula is C12H17N5O2S. The summed E-state index contributed by atoms with van der Waals surface area (Å²) in [5.74, 6) is -0.0432. The van der Waals surface area contributed by atoms with E-state index in [1.54, 1.807) is 32.1 Å². The summed E-state index contributed by atoms with van der Waals surface area (Å²) in [5, 5.41) is 12.9. The lowest BCUT2D eigenvalue weighted by molar-refractivity contribution is -0.144. The van der Waals surface area contributed by atoms with Crippen LogP contribution < -0.4 is 5.32 Å². The van der Waals surface area contributed by atoms with E-state index in [9.17, 15) is 4.79 Å². The van der Waals surface area contributed by atoms with E-state index in [0.717, 1.165) is 22.7 Å². The van der Waals surface area contributed by atoms with Crippen LogP contribution >= 0.6 is 11.8 Å². The van der Waals surface area contributed by atoms with Crippen LogP contribution in [-0.4, -0.2) is 49.4 Å². The van der Waals surface area contributed by atoms with Gasteiger partial charge < -0.3 is 15.4 Å². The molecule has 0 radical (unpaired) electrons. The summed E-state index contributed by atoms with van der Waals surface area (Å²) in [4.78, 5) is 26.5. The van der Waals surface area contributed by atoms with E-state index < -0.39 is 11.5 Å². The Morgan fingerprint density at radius 1 is 1.50 bits per heavy atom. The zero-order chi connectivity index (χ0) is 14.6. The van der Waals surface area contributed by atoms with Gasteiger partial charge in [0.2, 0.25) is 0 Å². The van der Waals surface area contributed by atoms with Crippen LogP contribution in [0.15, 0.2) is 17.7 Å². The highest BCUT2D eigenvalue weighted by atomic mass is 32.2. The van der Waals surface area contributed by atoms with Gasteiger partial charge >= 0.3 is 5.97 Å². The van der Waals surface area contributed by atoms with Crippen LogP contribution in [0, 0.1) is 0 Å². The Hall–Kier alpha value is -1.67. The molecule has 2 aromatic heterocycles. The average Bonchev–Trinajstić information content (AvgIpc) is 2.92. The van der Waals surface area contributed by atoms with Crippen LogP contribution in [0.4, 0.5) is 0 Å². The Bertz CT molecular complexity index is 602. The van der Waals surface area contributed by atoms with Crippen LogP contribution in [0.3, 0.4) is 0 Å². The van der Waals surface area contributed by atoms with Gasteiger partial charge in [0.25, 0.3) is 0 Å². The molecule has 108 valence electrons. The molecule has 0 aliphatic carbocycles. The van der Waals surface area contributed by atoms with E-state index in [1.165, 1.54) is 6.33 Å². The van der Waals surface area contributed by atoms with Gasteiger partial charge in [0.1, 0.15) is 22.4 Å². The highest BCUT2D eigenvalue weighted by molar-refractivity contribution is 7.99. The second-order valence-electron chi connectivity index (χ2n) is 4.62. The zero-order valence-corrected chi connectivity index (χ0v) is 12.2. The van der Waals surface area contributed by atoms with Gasteiger partial charge in [-0.2, -0.15) is 0 Å². The van der Waals surface area contributed by atoms with Gasteiger partial charge in [0.05, 0.1) is 6.33 Å². The average molecular weight is 295 g/mol.